The zero-order valence-electron chi connectivity index (χ0n) is 14.5. The zero-order chi connectivity index (χ0) is 14.8. The highest BCUT2D eigenvalue weighted by Crippen LogP contribution is 2.35. The van der Waals surface area contributed by atoms with E-state index in [1.54, 1.807) is 0 Å². The van der Waals surface area contributed by atoms with Crippen molar-refractivity contribution >= 4 is 0 Å². The van der Waals surface area contributed by atoms with Gasteiger partial charge in [0.2, 0.25) is 0 Å². The van der Waals surface area contributed by atoms with Crippen LogP contribution in [0, 0.1) is 17.3 Å². The smallest absolute Gasteiger partial charge is 0.0275 e. The molecule has 1 rings (SSSR count). The summed E-state index contributed by atoms with van der Waals surface area (Å²) in [6, 6.07) is 1.93. The van der Waals surface area contributed by atoms with Crippen molar-refractivity contribution in [3.05, 3.63) is 0 Å². The maximum atomic E-state index is 3.74. The van der Waals surface area contributed by atoms with Crippen LogP contribution in [0.25, 0.3) is 0 Å². The minimum absolute atomic E-state index is 0.342. The molecule has 1 fully saturated rings. The van der Waals surface area contributed by atoms with E-state index in [0.717, 1.165) is 18.4 Å². The molecule has 1 aliphatic carbocycles. The Morgan fingerprint density at radius 3 is 2.26 bits per heavy atom. The van der Waals surface area contributed by atoms with Gasteiger partial charge in [-0.15, -0.1) is 0 Å². The Labute approximate surface area is 121 Å². The number of nitrogens with one attached hydrogen (secondary N) is 1. The van der Waals surface area contributed by atoms with Crippen molar-refractivity contribution in [3.8, 4) is 0 Å². The molecule has 0 aromatic carbocycles. The molecule has 0 spiro atoms. The fraction of sp³-hybridized carbons (Fsp3) is 1.00. The molecule has 0 aromatic heterocycles. The summed E-state index contributed by atoms with van der Waals surface area (Å²) in [5.41, 5.74) is 0.342. The van der Waals surface area contributed by atoms with Crippen LogP contribution in [0.4, 0.5) is 0 Å². The first-order valence-electron chi connectivity index (χ1n) is 8.13. The summed E-state index contributed by atoms with van der Waals surface area (Å²) >= 11 is 0. The number of hydrogen-bond donors (Lipinski definition) is 1. The highest BCUT2D eigenvalue weighted by atomic mass is 15.2. The van der Waals surface area contributed by atoms with Crippen LogP contribution in [0.15, 0.2) is 0 Å². The van der Waals surface area contributed by atoms with Crippen LogP contribution in [0.5, 0.6) is 0 Å². The van der Waals surface area contributed by atoms with Crippen LogP contribution in [-0.2, 0) is 0 Å². The molecular weight excluding hydrogens is 232 g/mol. The van der Waals surface area contributed by atoms with Crippen molar-refractivity contribution < 1.29 is 0 Å². The molecule has 0 aliphatic heterocycles. The topological polar surface area (TPSA) is 15.3 Å². The van der Waals surface area contributed by atoms with Gasteiger partial charge in [0.25, 0.3) is 0 Å². The van der Waals surface area contributed by atoms with Gasteiger partial charge < -0.3 is 5.32 Å². The average Bonchev–Trinajstić information content (AvgIpc) is 2.25. The lowest BCUT2D eigenvalue weighted by molar-refractivity contribution is 0.0201. The first-order chi connectivity index (χ1) is 8.68. The SMILES string of the molecule is CCNC1CC(C)CC(C)C1N(C)C(C)C(C)(C)C. The minimum Gasteiger partial charge on any atom is -0.313 e. The van der Waals surface area contributed by atoms with Crippen molar-refractivity contribution in [2.45, 2.75) is 79.4 Å². The third-order valence-corrected chi connectivity index (χ3v) is 5.23. The van der Waals surface area contributed by atoms with Gasteiger partial charge in [-0.3, -0.25) is 4.90 Å². The van der Waals surface area contributed by atoms with E-state index in [2.05, 4.69) is 65.7 Å². The van der Waals surface area contributed by atoms with E-state index in [9.17, 15) is 0 Å². The van der Waals surface area contributed by atoms with Crippen LogP contribution in [-0.4, -0.2) is 36.6 Å². The predicted octanol–water partition coefficient (Wildman–Crippen LogP) is 3.77. The van der Waals surface area contributed by atoms with Gasteiger partial charge in [0.1, 0.15) is 0 Å². The summed E-state index contributed by atoms with van der Waals surface area (Å²) in [4.78, 5) is 2.64. The lowest BCUT2D eigenvalue weighted by Crippen LogP contribution is -2.59. The molecule has 19 heavy (non-hydrogen) atoms. The summed E-state index contributed by atoms with van der Waals surface area (Å²) in [5, 5.41) is 3.74. The fourth-order valence-corrected chi connectivity index (χ4v) is 3.86. The molecule has 0 heterocycles. The maximum Gasteiger partial charge on any atom is 0.0275 e. The normalized spacial score (nSPS) is 34.6. The van der Waals surface area contributed by atoms with Gasteiger partial charge >= 0.3 is 0 Å². The van der Waals surface area contributed by atoms with E-state index in [4.69, 9.17) is 0 Å². The second-order valence-corrected chi connectivity index (χ2v) is 7.92. The van der Waals surface area contributed by atoms with Crippen LogP contribution in [0.3, 0.4) is 0 Å². The Hall–Kier alpha value is -0.0800. The fourth-order valence-electron chi connectivity index (χ4n) is 3.86. The molecule has 1 saturated carbocycles. The van der Waals surface area contributed by atoms with Crippen molar-refractivity contribution in [2.24, 2.45) is 17.3 Å². The van der Waals surface area contributed by atoms with E-state index in [-0.39, 0.29) is 0 Å². The molecule has 5 atom stereocenters. The predicted molar refractivity (Wildman–Crippen MR) is 85.5 cm³/mol. The summed E-state index contributed by atoms with van der Waals surface area (Å²) in [6.45, 7) is 17.6. The van der Waals surface area contributed by atoms with Gasteiger partial charge in [-0.1, -0.05) is 41.5 Å². The molecule has 0 saturated heterocycles. The highest BCUT2D eigenvalue weighted by molar-refractivity contribution is 4.95. The summed E-state index contributed by atoms with van der Waals surface area (Å²) < 4.78 is 0. The largest absolute Gasteiger partial charge is 0.313 e. The lowest BCUT2D eigenvalue weighted by Gasteiger charge is -2.49. The van der Waals surface area contributed by atoms with Crippen molar-refractivity contribution in [2.75, 3.05) is 13.6 Å². The van der Waals surface area contributed by atoms with Crippen LogP contribution < -0.4 is 5.32 Å². The zero-order valence-corrected chi connectivity index (χ0v) is 14.5. The molecule has 114 valence electrons. The molecule has 1 N–H and O–H groups in total. The Kier molecular flexibility index (Phi) is 5.88. The molecule has 0 bridgehead atoms. The van der Waals surface area contributed by atoms with Gasteiger partial charge in [0.15, 0.2) is 0 Å². The second-order valence-electron chi connectivity index (χ2n) is 7.92. The molecular formula is C17H36N2. The van der Waals surface area contributed by atoms with Gasteiger partial charge in [-0.2, -0.15) is 0 Å². The third-order valence-electron chi connectivity index (χ3n) is 5.23. The van der Waals surface area contributed by atoms with Gasteiger partial charge in [-0.05, 0) is 50.6 Å². The standard InChI is InChI=1S/C17H36N2/c1-9-18-15-11-12(2)10-13(3)16(15)19(8)14(4)17(5,6)7/h12-16,18H,9-11H2,1-8H3. The Balaban J connectivity index is 2.86. The van der Waals surface area contributed by atoms with Crippen LogP contribution in [0.1, 0.15) is 61.3 Å². The maximum absolute atomic E-state index is 3.74. The second kappa shape index (κ2) is 6.58. The van der Waals surface area contributed by atoms with Gasteiger partial charge in [0, 0.05) is 18.1 Å². The van der Waals surface area contributed by atoms with Gasteiger partial charge in [0.05, 0.1) is 0 Å². The Morgan fingerprint density at radius 1 is 1.21 bits per heavy atom. The molecule has 0 amide bonds. The number of hydrogen-bond acceptors (Lipinski definition) is 2. The summed E-state index contributed by atoms with van der Waals surface area (Å²) in [6.07, 6.45) is 2.69. The van der Waals surface area contributed by atoms with Crippen molar-refractivity contribution in [1.29, 1.82) is 0 Å². The summed E-state index contributed by atoms with van der Waals surface area (Å²) in [7, 11) is 2.33. The number of rotatable bonds is 4. The molecule has 5 unspecified atom stereocenters. The van der Waals surface area contributed by atoms with Crippen molar-refractivity contribution in [1.82, 2.24) is 10.2 Å². The summed E-state index contributed by atoms with van der Waals surface area (Å²) in [5.74, 6) is 1.64. The monoisotopic (exact) mass is 268 g/mol. The quantitative estimate of drug-likeness (QED) is 0.835. The molecule has 0 aromatic rings. The first-order valence-corrected chi connectivity index (χ1v) is 8.13. The number of likely N-dealkylation sites (N-methyl/N-ethyl adjacent to an activating group) is 2. The molecule has 0 radical (unpaired) electrons. The molecule has 2 heteroatoms. The van der Waals surface area contributed by atoms with E-state index in [1.807, 2.05) is 0 Å². The van der Waals surface area contributed by atoms with Gasteiger partial charge in [-0.25, -0.2) is 0 Å². The van der Waals surface area contributed by atoms with E-state index in [1.165, 1.54) is 12.8 Å². The van der Waals surface area contributed by atoms with Crippen LogP contribution >= 0.6 is 0 Å². The average molecular weight is 268 g/mol. The first kappa shape index (κ1) is 17.0. The van der Waals surface area contributed by atoms with Crippen molar-refractivity contribution in [3.63, 3.8) is 0 Å². The van der Waals surface area contributed by atoms with E-state index < -0.39 is 0 Å². The molecule has 1 aliphatic rings. The highest BCUT2D eigenvalue weighted by Gasteiger charge is 2.39. The lowest BCUT2D eigenvalue weighted by atomic mass is 9.74. The Morgan fingerprint density at radius 2 is 1.79 bits per heavy atom. The Bertz CT molecular complexity index is 269. The minimum atomic E-state index is 0.342. The van der Waals surface area contributed by atoms with E-state index >= 15 is 0 Å². The number of nitrogens with zero attached hydrogens (tertiary/aromatic N) is 1. The molecule has 2 nitrogen and oxygen atoms in total. The van der Waals surface area contributed by atoms with E-state index in [0.29, 0.717) is 23.5 Å². The third kappa shape index (κ3) is 4.19. The van der Waals surface area contributed by atoms with Crippen LogP contribution in [0.2, 0.25) is 0 Å².